The molecular weight excluding hydrogens is 344 g/mol. The second-order valence-electron chi connectivity index (χ2n) is 5.21. The fourth-order valence-corrected chi connectivity index (χ4v) is 2.96. The third-order valence-electron chi connectivity index (χ3n) is 3.64. The number of hydrogen-bond acceptors (Lipinski definition) is 2. The molecule has 0 aromatic heterocycles. The first-order valence-electron chi connectivity index (χ1n) is 7.03. The van der Waals surface area contributed by atoms with Gasteiger partial charge >= 0.3 is 0 Å². The Kier molecular flexibility index (Phi) is 3.98. The summed E-state index contributed by atoms with van der Waals surface area (Å²) in [5.41, 5.74) is 3.21. The van der Waals surface area contributed by atoms with E-state index in [1.165, 1.54) is 6.92 Å². The van der Waals surface area contributed by atoms with Crippen molar-refractivity contribution < 1.29 is 9.59 Å². The summed E-state index contributed by atoms with van der Waals surface area (Å²) in [7, 11) is 0. The lowest BCUT2D eigenvalue weighted by Gasteiger charge is -2.20. The summed E-state index contributed by atoms with van der Waals surface area (Å²) in [6.07, 6.45) is 0.797. The molecule has 1 N–H and O–H groups in total. The highest BCUT2D eigenvalue weighted by molar-refractivity contribution is 9.10. The van der Waals surface area contributed by atoms with Crippen molar-refractivity contribution in [3.8, 4) is 0 Å². The summed E-state index contributed by atoms with van der Waals surface area (Å²) < 4.78 is 0.935. The molecule has 5 heteroatoms. The van der Waals surface area contributed by atoms with E-state index < -0.39 is 0 Å². The number of fused-ring (bicyclic) bond motifs is 1. The molecular formula is C17H15BrN2O2. The molecule has 2 aromatic carbocycles. The molecule has 0 bridgehead atoms. The van der Waals surface area contributed by atoms with Crippen LogP contribution in [0.3, 0.4) is 0 Å². The quantitative estimate of drug-likeness (QED) is 0.891. The Morgan fingerprint density at radius 1 is 1.14 bits per heavy atom. The van der Waals surface area contributed by atoms with E-state index in [0.29, 0.717) is 17.8 Å². The fourth-order valence-electron chi connectivity index (χ4n) is 2.70. The molecule has 112 valence electrons. The van der Waals surface area contributed by atoms with Crippen LogP contribution < -0.4 is 10.2 Å². The van der Waals surface area contributed by atoms with E-state index in [4.69, 9.17) is 0 Å². The molecule has 2 aromatic rings. The van der Waals surface area contributed by atoms with Gasteiger partial charge in [0, 0.05) is 23.5 Å². The van der Waals surface area contributed by atoms with Crippen molar-refractivity contribution >= 4 is 39.1 Å². The monoisotopic (exact) mass is 358 g/mol. The van der Waals surface area contributed by atoms with Crippen molar-refractivity contribution in [2.45, 2.75) is 13.3 Å². The van der Waals surface area contributed by atoms with Crippen molar-refractivity contribution in [3.63, 3.8) is 0 Å². The molecule has 1 aliphatic heterocycles. The molecule has 1 heterocycles. The summed E-state index contributed by atoms with van der Waals surface area (Å²) >= 11 is 3.37. The molecule has 0 saturated carbocycles. The molecule has 0 unspecified atom stereocenters. The third kappa shape index (κ3) is 2.76. The van der Waals surface area contributed by atoms with E-state index in [9.17, 15) is 9.59 Å². The Hall–Kier alpha value is -2.14. The van der Waals surface area contributed by atoms with Crippen LogP contribution in [-0.4, -0.2) is 18.4 Å². The van der Waals surface area contributed by atoms with Gasteiger partial charge in [-0.05, 0) is 42.3 Å². The molecule has 22 heavy (non-hydrogen) atoms. The maximum atomic E-state index is 12.8. The molecule has 1 aliphatic rings. The predicted octanol–water partition coefficient (Wildman–Crippen LogP) is 3.61. The van der Waals surface area contributed by atoms with E-state index in [-0.39, 0.29) is 11.8 Å². The van der Waals surface area contributed by atoms with Crippen LogP contribution >= 0.6 is 15.9 Å². The number of nitrogens with one attached hydrogen (secondary N) is 1. The van der Waals surface area contributed by atoms with Gasteiger partial charge in [-0.2, -0.15) is 0 Å². The molecule has 0 aliphatic carbocycles. The summed E-state index contributed by atoms with van der Waals surface area (Å²) in [5, 5.41) is 2.81. The largest absolute Gasteiger partial charge is 0.325 e. The lowest BCUT2D eigenvalue weighted by Crippen LogP contribution is -2.29. The van der Waals surface area contributed by atoms with E-state index in [2.05, 4.69) is 21.2 Å². The van der Waals surface area contributed by atoms with Crippen LogP contribution in [0.1, 0.15) is 22.8 Å². The van der Waals surface area contributed by atoms with Gasteiger partial charge in [-0.25, -0.2) is 0 Å². The predicted molar refractivity (Wildman–Crippen MR) is 90.3 cm³/mol. The molecule has 0 atom stereocenters. The number of para-hydroxylation sites is 1. The zero-order valence-corrected chi connectivity index (χ0v) is 13.7. The minimum atomic E-state index is -0.142. The number of rotatable bonds is 2. The van der Waals surface area contributed by atoms with E-state index in [1.807, 2.05) is 30.3 Å². The first-order chi connectivity index (χ1) is 10.6. The minimum Gasteiger partial charge on any atom is -0.325 e. The maximum absolute atomic E-state index is 12.8. The van der Waals surface area contributed by atoms with Gasteiger partial charge < -0.3 is 10.2 Å². The zero-order chi connectivity index (χ0) is 15.7. The van der Waals surface area contributed by atoms with Crippen LogP contribution in [0.2, 0.25) is 0 Å². The normalized spacial score (nSPS) is 12.9. The Morgan fingerprint density at radius 2 is 1.86 bits per heavy atom. The minimum absolute atomic E-state index is 0.0518. The highest BCUT2D eigenvalue weighted by Crippen LogP contribution is 2.36. The Balaban J connectivity index is 1.98. The van der Waals surface area contributed by atoms with Crippen molar-refractivity contribution in [2.24, 2.45) is 0 Å². The highest BCUT2D eigenvalue weighted by atomic mass is 79.9. The molecule has 0 fully saturated rings. The number of anilines is 2. The molecule has 2 amide bonds. The number of nitrogens with zero attached hydrogens (tertiary/aromatic N) is 1. The number of hydrogen-bond donors (Lipinski definition) is 1. The number of benzene rings is 2. The topological polar surface area (TPSA) is 49.4 Å². The Morgan fingerprint density at radius 3 is 2.55 bits per heavy atom. The summed E-state index contributed by atoms with van der Waals surface area (Å²) in [5.74, 6) is -0.194. The maximum Gasteiger partial charge on any atom is 0.258 e. The molecule has 4 nitrogen and oxygen atoms in total. The van der Waals surface area contributed by atoms with Crippen LogP contribution in [0.4, 0.5) is 11.4 Å². The number of amides is 2. The van der Waals surface area contributed by atoms with Crippen LogP contribution in [0.15, 0.2) is 46.9 Å². The fraction of sp³-hybridized carbons (Fsp3) is 0.176. The summed E-state index contributed by atoms with van der Waals surface area (Å²) in [4.78, 5) is 25.9. The van der Waals surface area contributed by atoms with Crippen LogP contribution in [-0.2, 0) is 11.2 Å². The van der Waals surface area contributed by atoms with E-state index in [0.717, 1.165) is 22.1 Å². The van der Waals surface area contributed by atoms with Crippen molar-refractivity contribution in [1.82, 2.24) is 0 Å². The molecule has 0 radical (unpaired) electrons. The first kappa shape index (κ1) is 14.8. The van der Waals surface area contributed by atoms with E-state index in [1.54, 1.807) is 17.0 Å². The van der Waals surface area contributed by atoms with Crippen molar-refractivity contribution in [3.05, 3.63) is 58.1 Å². The molecule has 3 rings (SSSR count). The van der Waals surface area contributed by atoms with Crippen molar-refractivity contribution in [1.29, 1.82) is 0 Å². The smallest absolute Gasteiger partial charge is 0.258 e. The lowest BCUT2D eigenvalue weighted by atomic mass is 10.1. The van der Waals surface area contributed by atoms with Gasteiger partial charge in [0.1, 0.15) is 0 Å². The van der Waals surface area contributed by atoms with Gasteiger partial charge in [0.2, 0.25) is 5.91 Å². The standard InChI is InChI=1S/C17H15BrN2O2/c1-11(21)19-15-4-2-3-12-9-10-20(16(12)15)17(22)13-5-7-14(18)8-6-13/h2-8H,9-10H2,1H3,(H,19,21). The van der Waals surface area contributed by atoms with Gasteiger partial charge in [0.05, 0.1) is 11.4 Å². The van der Waals surface area contributed by atoms with Crippen LogP contribution in [0.5, 0.6) is 0 Å². The average molecular weight is 359 g/mol. The summed E-state index contributed by atoms with van der Waals surface area (Å²) in [6.45, 7) is 2.09. The van der Waals surface area contributed by atoms with Crippen LogP contribution in [0.25, 0.3) is 0 Å². The second-order valence-corrected chi connectivity index (χ2v) is 6.12. The van der Waals surface area contributed by atoms with Crippen LogP contribution in [0, 0.1) is 0 Å². The Labute approximate surface area is 137 Å². The van der Waals surface area contributed by atoms with Gasteiger partial charge in [0.15, 0.2) is 0 Å². The van der Waals surface area contributed by atoms with E-state index >= 15 is 0 Å². The van der Waals surface area contributed by atoms with Gasteiger partial charge in [0.25, 0.3) is 5.91 Å². The highest BCUT2D eigenvalue weighted by Gasteiger charge is 2.28. The second kappa shape index (κ2) is 5.93. The van der Waals surface area contributed by atoms with Gasteiger partial charge in [-0.3, -0.25) is 9.59 Å². The average Bonchev–Trinajstić information content (AvgIpc) is 2.92. The number of halogens is 1. The Bertz CT molecular complexity index is 741. The zero-order valence-electron chi connectivity index (χ0n) is 12.1. The SMILES string of the molecule is CC(=O)Nc1cccc2c1N(C(=O)c1ccc(Br)cc1)CC2. The first-order valence-corrected chi connectivity index (χ1v) is 7.82. The number of carbonyl (C=O) groups excluding carboxylic acids is 2. The molecule has 0 saturated heterocycles. The van der Waals surface area contributed by atoms with Crippen molar-refractivity contribution in [2.75, 3.05) is 16.8 Å². The molecule has 0 spiro atoms. The third-order valence-corrected chi connectivity index (χ3v) is 4.17. The number of carbonyl (C=O) groups is 2. The van der Waals surface area contributed by atoms with Gasteiger partial charge in [-0.1, -0.05) is 28.1 Å². The van der Waals surface area contributed by atoms with Gasteiger partial charge in [-0.15, -0.1) is 0 Å². The summed E-state index contributed by atoms with van der Waals surface area (Å²) in [6, 6.07) is 13.0. The lowest BCUT2D eigenvalue weighted by molar-refractivity contribution is -0.114.